The maximum atomic E-state index is 2.52. The molecule has 9 rings (SSSR count). The Balaban J connectivity index is 1.48. The summed E-state index contributed by atoms with van der Waals surface area (Å²) in [5.41, 5.74) is 7.50. The number of hydrogen-bond acceptors (Lipinski definition) is 0. The minimum atomic E-state index is 0.883. The second kappa shape index (κ2) is 9.09. The lowest BCUT2D eigenvalue weighted by atomic mass is 10.1. The highest BCUT2D eigenvalue weighted by atomic mass is 15.0. The van der Waals surface area contributed by atoms with Crippen molar-refractivity contribution in [2.75, 3.05) is 0 Å². The summed E-state index contributed by atoms with van der Waals surface area (Å²) in [6, 6.07) is 46.8. The van der Waals surface area contributed by atoms with Gasteiger partial charge in [0, 0.05) is 44.3 Å². The molecule has 0 spiro atoms. The third-order valence-corrected chi connectivity index (χ3v) is 8.97. The molecule has 42 heavy (non-hydrogen) atoms. The van der Waals surface area contributed by atoms with Crippen LogP contribution in [0.1, 0.15) is 12.8 Å². The SMILES string of the molecule is C1=CC/C(n2c3ccccc3c3cc4c(cc32)c2ccccc2n4-c2cccc3ccccc23)=c2/cccc/c2=C/C1. The summed E-state index contributed by atoms with van der Waals surface area (Å²) in [5, 5.41) is 10.2. The molecule has 0 fully saturated rings. The molecule has 2 nitrogen and oxygen atoms in total. The Labute approximate surface area is 243 Å². The van der Waals surface area contributed by atoms with Crippen molar-refractivity contribution in [1.29, 1.82) is 0 Å². The second-order valence-corrected chi connectivity index (χ2v) is 11.2. The van der Waals surface area contributed by atoms with Crippen LogP contribution >= 0.6 is 0 Å². The van der Waals surface area contributed by atoms with E-state index in [0.717, 1.165) is 12.8 Å². The summed E-state index contributed by atoms with van der Waals surface area (Å²) in [6.45, 7) is 0. The van der Waals surface area contributed by atoms with Gasteiger partial charge in [0.1, 0.15) is 0 Å². The zero-order valence-corrected chi connectivity index (χ0v) is 23.2. The lowest BCUT2D eigenvalue weighted by molar-refractivity contribution is 1.11. The smallest absolute Gasteiger partial charge is 0.0549 e. The number of rotatable bonds is 2. The molecule has 0 radical (unpaired) electrons. The van der Waals surface area contributed by atoms with Gasteiger partial charge >= 0.3 is 0 Å². The fourth-order valence-electron chi connectivity index (χ4n) is 7.13. The topological polar surface area (TPSA) is 9.86 Å². The van der Waals surface area contributed by atoms with E-state index in [9.17, 15) is 0 Å². The van der Waals surface area contributed by atoms with Crippen LogP contribution < -0.4 is 10.4 Å². The number of fused-ring (bicyclic) bond motifs is 8. The molecule has 198 valence electrons. The molecular weight excluding hydrogens is 508 g/mol. The molecule has 1 aliphatic carbocycles. The number of benzene rings is 6. The van der Waals surface area contributed by atoms with E-state index in [-0.39, 0.29) is 0 Å². The predicted octanol–water partition coefficient (Wildman–Crippen LogP) is 8.83. The quantitative estimate of drug-likeness (QED) is 0.195. The van der Waals surface area contributed by atoms with Gasteiger partial charge in [-0.3, -0.25) is 0 Å². The first-order valence-electron chi connectivity index (χ1n) is 14.8. The van der Waals surface area contributed by atoms with Crippen molar-refractivity contribution in [1.82, 2.24) is 9.13 Å². The van der Waals surface area contributed by atoms with Crippen LogP contribution in [-0.4, -0.2) is 9.13 Å². The van der Waals surface area contributed by atoms with Crippen molar-refractivity contribution in [3.05, 3.63) is 150 Å². The van der Waals surface area contributed by atoms with Gasteiger partial charge in [0.05, 0.1) is 27.8 Å². The summed E-state index contributed by atoms with van der Waals surface area (Å²) in [7, 11) is 0. The maximum Gasteiger partial charge on any atom is 0.0549 e. The van der Waals surface area contributed by atoms with Gasteiger partial charge in [-0.15, -0.1) is 0 Å². The molecule has 0 bridgehead atoms. The summed E-state index contributed by atoms with van der Waals surface area (Å²) >= 11 is 0. The third kappa shape index (κ3) is 3.33. The van der Waals surface area contributed by atoms with E-state index < -0.39 is 0 Å². The molecule has 0 N–H and O–H groups in total. The van der Waals surface area contributed by atoms with Gasteiger partial charge in [-0.05, 0) is 47.4 Å². The van der Waals surface area contributed by atoms with E-state index in [4.69, 9.17) is 0 Å². The number of nitrogens with zero attached hydrogens (tertiary/aromatic N) is 2. The normalized spacial score (nSPS) is 15.7. The van der Waals surface area contributed by atoms with Gasteiger partial charge in [-0.25, -0.2) is 0 Å². The number of allylic oxidation sites excluding steroid dienone is 2. The number of aromatic nitrogens is 2. The summed E-state index contributed by atoms with van der Waals surface area (Å²) in [4.78, 5) is 0. The molecule has 2 aromatic heterocycles. The van der Waals surface area contributed by atoms with E-state index in [1.54, 1.807) is 0 Å². The van der Waals surface area contributed by atoms with Crippen LogP contribution in [0.25, 0.3) is 71.8 Å². The summed E-state index contributed by atoms with van der Waals surface area (Å²) in [5.74, 6) is 0. The van der Waals surface area contributed by atoms with Crippen LogP contribution in [0.15, 0.2) is 140 Å². The molecule has 0 saturated carbocycles. The molecule has 6 aromatic carbocycles. The van der Waals surface area contributed by atoms with Crippen molar-refractivity contribution < 1.29 is 0 Å². The molecule has 1 aliphatic rings. The number of hydrogen-bond donors (Lipinski definition) is 0. The first-order valence-corrected chi connectivity index (χ1v) is 14.8. The first kappa shape index (κ1) is 23.4. The Hall–Kier alpha value is -5.34. The highest BCUT2D eigenvalue weighted by molar-refractivity contribution is 6.19. The van der Waals surface area contributed by atoms with E-state index in [1.807, 2.05) is 0 Å². The Morgan fingerprint density at radius 3 is 1.88 bits per heavy atom. The minimum Gasteiger partial charge on any atom is -0.312 e. The van der Waals surface area contributed by atoms with Crippen LogP contribution in [0.2, 0.25) is 0 Å². The lowest BCUT2D eigenvalue weighted by Crippen LogP contribution is -2.29. The summed E-state index contributed by atoms with van der Waals surface area (Å²) in [6.07, 6.45) is 8.81. The van der Waals surface area contributed by atoms with Crippen molar-refractivity contribution in [2.45, 2.75) is 12.8 Å². The average Bonchev–Trinajstić information content (AvgIpc) is 3.52. The molecular formula is C40H28N2. The van der Waals surface area contributed by atoms with Gasteiger partial charge in [0.15, 0.2) is 0 Å². The standard InChI is InChI=1S/C40H28N2/c1-2-13-27-14-4-6-17-29(27)35(21-3-1)41-37-22-10-8-19-31(37)33-26-40-34(25-39(33)41)32-20-9-11-23-38(32)42(40)36-24-12-16-28-15-5-7-18-30(28)36/h1,3-20,22-26H,2,21H2/b3-1?,27-13-,35-29+. The molecule has 0 atom stereocenters. The van der Waals surface area contributed by atoms with Crippen LogP contribution in [-0.2, 0) is 0 Å². The third-order valence-electron chi connectivity index (χ3n) is 8.97. The Morgan fingerprint density at radius 1 is 0.452 bits per heavy atom. The Bertz CT molecular complexity index is 2510. The molecule has 8 aromatic rings. The van der Waals surface area contributed by atoms with Gasteiger partial charge in [-0.1, -0.05) is 115 Å². The fourth-order valence-corrected chi connectivity index (χ4v) is 7.13. The van der Waals surface area contributed by atoms with Crippen molar-refractivity contribution >= 4 is 66.2 Å². The van der Waals surface area contributed by atoms with E-state index in [1.165, 1.54) is 76.2 Å². The van der Waals surface area contributed by atoms with Crippen LogP contribution in [0.5, 0.6) is 0 Å². The van der Waals surface area contributed by atoms with Crippen LogP contribution in [0, 0.1) is 0 Å². The molecule has 0 aliphatic heterocycles. The largest absolute Gasteiger partial charge is 0.312 e. The molecule has 0 saturated heterocycles. The lowest BCUT2D eigenvalue weighted by Gasteiger charge is -2.14. The van der Waals surface area contributed by atoms with Gasteiger partial charge in [-0.2, -0.15) is 0 Å². The zero-order valence-electron chi connectivity index (χ0n) is 23.2. The van der Waals surface area contributed by atoms with Gasteiger partial charge in [0.2, 0.25) is 0 Å². The first-order chi connectivity index (χ1) is 20.9. The average molecular weight is 537 g/mol. The van der Waals surface area contributed by atoms with Crippen LogP contribution in [0.3, 0.4) is 0 Å². The predicted molar refractivity (Wildman–Crippen MR) is 179 cm³/mol. The minimum absolute atomic E-state index is 0.883. The van der Waals surface area contributed by atoms with Crippen molar-refractivity contribution in [3.8, 4) is 5.69 Å². The molecule has 2 heteroatoms. The Morgan fingerprint density at radius 2 is 1.07 bits per heavy atom. The van der Waals surface area contributed by atoms with Gasteiger partial charge < -0.3 is 9.13 Å². The van der Waals surface area contributed by atoms with Gasteiger partial charge in [0.25, 0.3) is 0 Å². The second-order valence-electron chi connectivity index (χ2n) is 11.2. The molecule has 0 unspecified atom stereocenters. The maximum absolute atomic E-state index is 2.52. The Kier molecular flexibility index (Phi) is 5.06. The fraction of sp³-hybridized carbons (Fsp3) is 0.0500. The highest BCUT2D eigenvalue weighted by Gasteiger charge is 2.20. The number of para-hydroxylation sites is 2. The molecule has 0 amide bonds. The monoisotopic (exact) mass is 536 g/mol. The zero-order chi connectivity index (χ0) is 27.6. The summed E-state index contributed by atoms with van der Waals surface area (Å²) < 4.78 is 4.99. The van der Waals surface area contributed by atoms with E-state index in [2.05, 4.69) is 155 Å². The van der Waals surface area contributed by atoms with Crippen molar-refractivity contribution in [2.24, 2.45) is 0 Å². The highest BCUT2D eigenvalue weighted by Crippen LogP contribution is 2.40. The van der Waals surface area contributed by atoms with E-state index in [0.29, 0.717) is 0 Å². The van der Waals surface area contributed by atoms with Crippen LogP contribution in [0.4, 0.5) is 0 Å². The van der Waals surface area contributed by atoms with Crippen molar-refractivity contribution in [3.63, 3.8) is 0 Å². The molecule has 2 heterocycles. The van der Waals surface area contributed by atoms with E-state index >= 15 is 0 Å².